The number of imidazole rings is 1. The molecule has 2 rings (SSSR count). The largest absolute Gasteiger partial charge is 0.376 e. The lowest BCUT2D eigenvalue weighted by molar-refractivity contribution is 0.0934. The van der Waals surface area contributed by atoms with Crippen molar-refractivity contribution in [2.45, 2.75) is 70.3 Å². The average molecular weight is 358 g/mol. The van der Waals surface area contributed by atoms with Gasteiger partial charge in [0.2, 0.25) is 15.0 Å². The van der Waals surface area contributed by atoms with Crippen LogP contribution in [0.25, 0.3) is 0 Å². The van der Waals surface area contributed by atoms with Gasteiger partial charge in [-0.05, 0) is 39.3 Å². The first-order chi connectivity index (χ1) is 11.5. The summed E-state index contributed by atoms with van der Waals surface area (Å²) in [4.78, 5) is 6.50. The summed E-state index contributed by atoms with van der Waals surface area (Å²) >= 11 is 0. The van der Waals surface area contributed by atoms with Gasteiger partial charge in [-0.25, -0.2) is 13.4 Å². The van der Waals surface area contributed by atoms with Gasteiger partial charge in [0, 0.05) is 13.2 Å². The van der Waals surface area contributed by atoms with E-state index >= 15 is 0 Å². The third kappa shape index (κ3) is 5.04. The molecule has 1 saturated heterocycles. The van der Waals surface area contributed by atoms with Crippen LogP contribution < -0.4 is 0 Å². The summed E-state index contributed by atoms with van der Waals surface area (Å²) in [6.45, 7) is 7.10. The van der Waals surface area contributed by atoms with Crippen LogP contribution in [0, 0.1) is 0 Å². The van der Waals surface area contributed by atoms with Gasteiger partial charge in [-0.3, -0.25) is 0 Å². The van der Waals surface area contributed by atoms with E-state index in [4.69, 9.17) is 4.74 Å². The second kappa shape index (κ2) is 8.97. The van der Waals surface area contributed by atoms with E-state index in [0.717, 1.165) is 44.5 Å². The van der Waals surface area contributed by atoms with Crippen LogP contribution in [0.3, 0.4) is 0 Å². The van der Waals surface area contributed by atoms with Gasteiger partial charge in [0.1, 0.15) is 0 Å². The van der Waals surface area contributed by atoms with Gasteiger partial charge in [0.15, 0.2) is 0 Å². The van der Waals surface area contributed by atoms with Crippen LogP contribution in [0.15, 0.2) is 11.4 Å². The molecule has 0 amide bonds. The van der Waals surface area contributed by atoms with Crippen LogP contribution in [-0.2, 0) is 27.7 Å². The molecule has 1 aromatic rings. The van der Waals surface area contributed by atoms with Crippen molar-refractivity contribution in [3.05, 3.63) is 11.9 Å². The normalized spacial score (nSPS) is 18.6. The molecular weight excluding hydrogens is 326 g/mol. The van der Waals surface area contributed by atoms with E-state index in [1.165, 1.54) is 0 Å². The molecule has 6 nitrogen and oxygen atoms in total. The van der Waals surface area contributed by atoms with Gasteiger partial charge in [-0.2, -0.15) is 0 Å². The molecule has 0 spiro atoms. The van der Waals surface area contributed by atoms with E-state index < -0.39 is 9.84 Å². The Morgan fingerprint density at radius 1 is 1.38 bits per heavy atom. The summed E-state index contributed by atoms with van der Waals surface area (Å²) in [7, 11) is -1.27. The topological polar surface area (TPSA) is 64.4 Å². The number of hydrogen-bond acceptors (Lipinski definition) is 5. The van der Waals surface area contributed by atoms with Crippen LogP contribution in [0.5, 0.6) is 0 Å². The summed E-state index contributed by atoms with van der Waals surface area (Å²) in [5, 5.41) is 0.207. The van der Waals surface area contributed by atoms with E-state index in [1.807, 2.05) is 11.5 Å². The lowest BCUT2D eigenvalue weighted by Gasteiger charge is -2.20. The predicted molar refractivity (Wildman–Crippen MR) is 94.8 cm³/mol. The number of nitrogens with zero attached hydrogens (tertiary/aromatic N) is 3. The third-order valence-corrected chi connectivity index (χ3v) is 6.22. The summed E-state index contributed by atoms with van der Waals surface area (Å²) in [5.74, 6) is 0.140. The Morgan fingerprint density at radius 2 is 2.17 bits per heavy atom. The van der Waals surface area contributed by atoms with Crippen LogP contribution in [0.1, 0.15) is 51.6 Å². The van der Waals surface area contributed by atoms with Crippen LogP contribution in [0.2, 0.25) is 0 Å². The standard InChI is InChI=1S/C17H31N3O3S/c1-4-6-9-19(3)13-15-12-18-17(24(21,22)11-5-2)20(15)14-16-8-7-10-23-16/h12,16H,4-11,13-14H2,1-3H3. The van der Waals surface area contributed by atoms with Crippen molar-refractivity contribution in [1.29, 1.82) is 0 Å². The Kier molecular flexibility index (Phi) is 7.25. The summed E-state index contributed by atoms with van der Waals surface area (Å²) < 4.78 is 32.7. The van der Waals surface area contributed by atoms with Gasteiger partial charge in [-0.15, -0.1) is 0 Å². The first-order valence-electron chi connectivity index (χ1n) is 9.05. The highest BCUT2D eigenvalue weighted by atomic mass is 32.2. The fraction of sp³-hybridized carbons (Fsp3) is 0.824. The van der Waals surface area contributed by atoms with Crippen molar-refractivity contribution in [3.8, 4) is 0 Å². The molecule has 0 saturated carbocycles. The maximum Gasteiger partial charge on any atom is 0.227 e. The first-order valence-corrected chi connectivity index (χ1v) is 10.7. The monoisotopic (exact) mass is 357 g/mol. The highest BCUT2D eigenvalue weighted by Gasteiger charge is 2.26. The van der Waals surface area contributed by atoms with Crippen LogP contribution in [-0.4, -0.2) is 54.9 Å². The minimum Gasteiger partial charge on any atom is -0.376 e. The van der Waals surface area contributed by atoms with Crippen molar-refractivity contribution in [1.82, 2.24) is 14.5 Å². The zero-order valence-electron chi connectivity index (χ0n) is 15.2. The molecule has 24 heavy (non-hydrogen) atoms. The van der Waals surface area contributed by atoms with E-state index in [1.54, 1.807) is 6.20 Å². The van der Waals surface area contributed by atoms with Crippen molar-refractivity contribution < 1.29 is 13.2 Å². The van der Waals surface area contributed by atoms with Crippen LogP contribution >= 0.6 is 0 Å². The Bertz CT molecular complexity index is 607. The smallest absolute Gasteiger partial charge is 0.227 e. The second-order valence-corrected chi connectivity index (χ2v) is 8.69. The molecule has 0 aromatic carbocycles. The van der Waals surface area contributed by atoms with E-state index in [9.17, 15) is 8.42 Å². The predicted octanol–water partition coefficient (Wildman–Crippen LogP) is 2.48. The van der Waals surface area contributed by atoms with E-state index in [-0.39, 0.29) is 17.0 Å². The Morgan fingerprint density at radius 3 is 2.79 bits per heavy atom. The van der Waals surface area contributed by atoms with E-state index in [0.29, 0.717) is 19.5 Å². The molecule has 7 heteroatoms. The highest BCUT2D eigenvalue weighted by molar-refractivity contribution is 7.91. The molecule has 0 bridgehead atoms. The number of ether oxygens (including phenoxy) is 1. The molecule has 2 heterocycles. The molecule has 0 radical (unpaired) electrons. The fourth-order valence-corrected chi connectivity index (χ4v) is 4.56. The number of unbranched alkanes of at least 4 members (excludes halogenated alkanes) is 1. The fourth-order valence-electron chi connectivity index (χ4n) is 3.10. The molecule has 138 valence electrons. The van der Waals surface area contributed by atoms with Crippen molar-refractivity contribution in [2.75, 3.05) is 26.0 Å². The second-order valence-electron chi connectivity index (χ2n) is 6.69. The molecular formula is C17H31N3O3S. The SMILES string of the molecule is CCCCN(C)Cc1cnc(S(=O)(=O)CCC)n1CC1CCCO1. The lowest BCUT2D eigenvalue weighted by Crippen LogP contribution is -2.25. The minimum atomic E-state index is -3.34. The maximum atomic E-state index is 12.6. The summed E-state index contributed by atoms with van der Waals surface area (Å²) in [6, 6.07) is 0. The summed E-state index contributed by atoms with van der Waals surface area (Å²) in [5.41, 5.74) is 0.957. The van der Waals surface area contributed by atoms with Gasteiger partial charge in [-0.1, -0.05) is 20.3 Å². The Labute approximate surface area is 146 Å². The quantitative estimate of drug-likeness (QED) is 0.644. The van der Waals surface area contributed by atoms with Crippen molar-refractivity contribution >= 4 is 9.84 Å². The molecule has 0 N–H and O–H groups in total. The van der Waals surface area contributed by atoms with Gasteiger partial charge in [0.25, 0.3) is 0 Å². The molecule has 1 atom stereocenters. The molecule has 0 aliphatic carbocycles. The molecule has 1 aliphatic rings. The lowest BCUT2D eigenvalue weighted by atomic mass is 10.2. The molecule has 1 aromatic heterocycles. The Hall–Kier alpha value is -0.920. The molecule has 1 aliphatic heterocycles. The highest BCUT2D eigenvalue weighted by Crippen LogP contribution is 2.20. The van der Waals surface area contributed by atoms with Crippen LogP contribution in [0.4, 0.5) is 0 Å². The van der Waals surface area contributed by atoms with Crippen molar-refractivity contribution in [2.24, 2.45) is 0 Å². The van der Waals surface area contributed by atoms with Gasteiger partial charge >= 0.3 is 0 Å². The molecule has 1 fully saturated rings. The maximum absolute atomic E-state index is 12.6. The third-order valence-electron chi connectivity index (χ3n) is 4.39. The summed E-state index contributed by atoms with van der Waals surface area (Å²) in [6.07, 6.45) is 6.72. The minimum absolute atomic E-state index is 0.0921. The zero-order valence-corrected chi connectivity index (χ0v) is 16.0. The zero-order chi connectivity index (χ0) is 17.6. The number of sulfone groups is 1. The number of hydrogen-bond donors (Lipinski definition) is 0. The number of aromatic nitrogens is 2. The number of rotatable bonds is 10. The average Bonchev–Trinajstić information content (AvgIpc) is 3.16. The van der Waals surface area contributed by atoms with Gasteiger partial charge in [0.05, 0.1) is 30.3 Å². The van der Waals surface area contributed by atoms with E-state index in [2.05, 4.69) is 23.9 Å². The molecule has 1 unspecified atom stereocenters. The Balaban J connectivity index is 2.23. The first kappa shape index (κ1) is 19.4. The van der Waals surface area contributed by atoms with Crippen molar-refractivity contribution in [3.63, 3.8) is 0 Å². The van der Waals surface area contributed by atoms with Gasteiger partial charge < -0.3 is 14.2 Å².